The fourth-order valence-electron chi connectivity index (χ4n) is 2.68. The van der Waals surface area contributed by atoms with E-state index >= 15 is 0 Å². The molecule has 1 aliphatic heterocycles. The van der Waals surface area contributed by atoms with E-state index in [2.05, 4.69) is 27.2 Å². The Labute approximate surface area is 120 Å². The van der Waals surface area contributed by atoms with Crippen LogP contribution in [0.3, 0.4) is 0 Å². The van der Waals surface area contributed by atoms with Crippen molar-refractivity contribution < 1.29 is 9.53 Å². The molecular weight excluding hydrogens is 258 g/mol. The number of methoxy groups -OCH3 is 1. The predicted molar refractivity (Wildman–Crippen MR) is 77.3 cm³/mol. The first-order chi connectivity index (χ1) is 9.68. The molecule has 1 N–H and O–H groups in total. The van der Waals surface area contributed by atoms with Crippen LogP contribution in [-0.4, -0.2) is 56.2 Å². The first-order valence-corrected chi connectivity index (χ1v) is 7.25. The molecule has 1 unspecified atom stereocenters. The van der Waals surface area contributed by atoms with Crippen LogP contribution >= 0.6 is 0 Å². The monoisotopic (exact) mass is 283 g/mol. The van der Waals surface area contributed by atoms with Gasteiger partial charge in [-0.3, -0.25) is 4.79 Å². The van der Waals surface area contributed by atoms with Crippen LogP contribution in [0.4, 0.5) is 0 Å². The first-order valence-electron chi connectivity index (χ1n) is 7.25. The molecule has 114 valence electrons. The number of azide groups is 1. The lowest BCUT2D eigenvalue weighted by atomic mass is 9.90. The molecular formula is C13H25N5O2. The van der Waals surface area contributed by atoms with Crippen molar-refractivity contribution in [2.24, 2.45) is 5.11 Å². The maximum absolute atomic E-state index is 12.2. The maximum atomic E-state index is 12.2. The minimum absolute atomic E-state index is 0.181. The lowest BCUT2D eigenvalue weighted by molar-refractivity contribution is -0.149. The van der Waals surface area contributed by atoms with Gasteiger partial charge < -0.3 is 15.0 Å². The highest BCUT2D eigenvalue weighted by molar-refractivity contribution is 5.80. The van der Waals surface area contributed by atoms with Gasteiger partial charge in [-0.2, -0.15) is 0 Å². The number of hydrogen-bond donors (Lipinski definition) is 1. The Kier molecular flexibility index (Phi) is 7.36. The summed E-state index contributed by atoms with van der Waals surface area (Å²) in [6.07, 6.45) is 3.25. The zero-order valence-electron chi connectivity index (χ0n) is 12.5. The van der Waals surface area contributed by atoms with Crippen LogP contribution < -0.4 is 5.32 Å². The van der Waals surface area contributed by atoms with Gasteiger partial charge in [0.05, 0.1) is 7.11 Å². The predicted octanol–water partition coefficient (Wildman–Crippen LogP) is 1.69. The van der Waals surface area contributed by atoms with Crippen molar-refractivity contribution in [1.29, 1.82) is 0 Å². The van der Waals surface area contributed by atoms with E-state index in [0.717, 1.165) is 45.3 Å². The molecule has 1 rings (SSSR count). The third-order valence-electron chi connectivity index (χ3n) is 3.92. The van der Waals surface area contributed by atoms with Crippen LogP contribution in [0, 0.1) is 0 Å². The lowest BCUT2D eigenvalue weighted by Crippen LogP contribution is -2.53. The van der Waals surface area contributed by atoms with Crippen LogP contribution in [0.15, 0.2) is 5.11 Å². The molecule has 0 aliphatic carbocycles. The minimum Gasteiger partial charge on any atom is -0.468 e. The Bertz CT molecular complexity index is 357. The van der Waals surface area contributed by atoms with Gasteiger partial charge in [0, 0.05) is 18.0 Å². The number of nitrogens with one attached hydrogen (secondary N) is 1. The molecule has 1 saturated heterocycles. The largest absolute Gasteiger partial charge is 0.468 e. The minimum atomic E-state index is -0.588. The van der Waals surface area contributed by atoms with E-state index in [4.69, 9.17) is 10.3 Å². The molecule has 7 heteroatoms. The molecule has 0 amide bonds. The Morgan fingerprint density at radius 3 is 2.95 bits per heavy atom. The van der Waals surface area contributed by atoms with Gasteiger partial charge >= 0.3 is 5.97 Å². The van der Waals surface area contributed by atoms with Crippen LogP contribution in [0.25, 0.3) is 10.4 Å². The second-order valence-electron chi connectivity index (χ2n) is 5.10. The summed E-state index contributed by atoms with van der Waals surface area (Å²) in [6.45, 7) is 6.17. The van der Waals surface area contributed by atoms with Gasteiger partial charge in [0.1, 0.15) is 5.54 Å². The summed E-state index contributed by atoms with van der Waals surface area (Å²) in [4.78, 5) is 17.2. The first kappa shape index (κ1) is 16.8. The Morgan fingerprint density at radius 2 is 2.30 bits per heavy atom. The third-order valence-corrected chi connectivity index (χ3v) is 3.92. The smallest absolute Gasteiger partial charge is 0.326 e. The summed E-state index contributed by atoms with van der Waals surface area (Å²) < 4.78 is 4.99. The SMILES string of the molecule is CCN1CCCC(NCCCN=[N+]=[N-])(C(=O)OC)CC1. The van der Waals surface area contributed by atoms with Crippen molar-refractivity contribution in [3.63, 3.8) is 0 Å². The molecule has 1 atom stereocenters. The van der Waals surface area contributed by atoms with Gasteiger partial charge in [-0.05, 0) is 50.8 Å². The highest BCUT2D eigenvalue weighted by Crippen LogP contribution is 2.24. The zero-order valence-corrected chi connectivity index (χ0v) is 12.5. The van der Waals surface area contributed by atoms with Crippen LogP contribution in [-0.2, 0) is 9.53 Å². The highest BCUT2D eigenvalue weighted by Gasteiger charge is 2.39. The third kappa shape index (κ3) is 4.67. The second-order valence-corrected chi connectivity index (χ2v) is 5.10. The van der Waals surface area contributed by atoms with Gasteiger partial charge in [-0.1, -0.05) is 12.0 Å². The number of carbonyl (C=O) groups excluding carboxylic acids is 1. The highest BCUT2D eigenvalue weighted by atomic mass is 16.5. The van der Waals surface area contributed by atoms with Gasteiger partial charge in [-0.15, -0.1) is 0 Å². The fraction of sp³-hybridized carbons (Fsp3) is 0.923. The standard InChI is InChI=1S/C13H25N5O2/c1-3-18-10-4-6-13(7-11-18,12(19)20-2)15-8-5-9-16-17-14/h15H,3-11H2,1-2H3. The van der Waals surface area contributed by atoms with E-state index in [-0.39, 0.29) is 5.97 Å². The number of likely N-dealkylation sites (tertiary alicyclic amines) is 1. The maximum Gasteiger partial charge on any atom is 0.326 e. The van der Waals surface area contributed by atoms with Crippen molar-refractivity contribution >= 4 is 5.97 Å². The second kappa shape index (κ2) is 8.79. The summed E-state index contributed by atoms with van der Waals surface area (Å²) in [5, 5.41) is 6.85. The molecule has 0 radical (unpaired) electrons. The molecule has 1 aliphatic rings. The molecule has 7 nitrogen and oxygen atoms in total. The summed E-state index contributed by atoms with van der Waals surface area (Å²) in [5.41, 5.74) is 7.65. The number of ether oxygens (including phenoxy) is 1. The van der Waals surface area contributed by atoms with E-state index in [9.17, 15) is 4.79 Å². The molecule has 0 saturated carbocycles. The zero-order chi connectivity index (χ0) is 14.8. The van der Waals surface area contributed by atoms with Gasteiger partial charge in [0.15, 0.2) is 0 Å². The number of esters is 1. The number of nitrogens with zero attached hydrogens (tertiary/aromatic N) is 4. The van der Waals surface area contributed by atoms with Gasteiger partial charge in [0.2, 0.25) is 0 Å². The average Bonchev–Trinajstić information content (AvgIpc) is 2.69. The van der Waals surface area contributed by atoms with Crippen LogP contribution in [0.2, 0.25) is 0 Å². The number of rotatable bonds is 7. The molecule has 0 aromatic rings. The molecule has 0 bridgehead atoms. The van der Waals surface area contributed by atoms with E-state index in [1.165, 1.54) is 7.11 Å². The summed E-state index contributed by atoms with van der Waals surface area (Å²) in [7, 11) is 1.44. The van der Waals surface area contributed by atoms with E-state index < -0.39 is 5.54 Å². The molecule has 20 heavy (non-hydrogen) atoms. The Balaban J connectivity index is 2.61. The Morgan fingerprint density at radius 1 is 1.50 bits per heavy atom. The van der Waals surface area contributed by atoms with Crippen molar-refractivity contribution in [1.82, 2.24) is 10.2 Å². The summed E-state index contributed by atoms with van der Waals surface area (Å²) in [5.74, 6) is -0.181. The van der Waals surface area contributed by atoms with Crippen molar-refractivity contribution in [2.75, 3.05) is 39.8 Å². The lowest BCUT2D eigenvalue weighted by Gasteiger charge is -2.31. The van der Waals surface area contributed by atoms with Crippen molar-refractivity contribution in [3.8, 4) is 0 Å². The normalized spacial score (nSPS) is 23.7. The van der Waals surface area contributed by atoms with Gasteiger partial charge in [-0.25, -0.2) is 0 Å². The van der Waals surface area contributed by atoms with Crippen LogP contribution in [0.5, 0.6) is 0 Å². The summed E-state index contributed by atoms with van der Waals surface area (Å²) >= 11 is 0. The quantitative estimate of drug-likeness (QED) is 0.253. The van der Waals surface area contributed by atoms with E-state index in [0.29, 0.717) is 13.1 Å². The van der Waals surface area contributed by atoms with Crippen molar-refractivity contribution in [2.45, 2.75) is 38.1 Å². The van der Waals surface area contributed by atoms with Gasteiger partial charge in [0.25, 0.3) is 0 Å². The molecule has 0 spiro atoms. The molecule has 0 aromatic carbocycles. The fourth-order valence-corrected chi connectivity index (χ4v) is 2.68. The molecule has 1 heterocycles. The number of carbonyl (C=O) groups is 1. The summed E-state index contributed by atoms with van der Waals surface area (Å²) in [6, 6.07) is 0. The van der Waals surface area contributed by atoms with E-state index in [1.54, 1.807) is 0 Å². The number of hydrogen-bond acceptors (Lipinski definition) is 5. The molecule has 0 aromatic heterocycles. The van der Waals surface area contributed by atoms with Crippen molar-refractivity contribution in [3.05, 3.63) is 10.4 Å². The topological polar surface area (TPSA) is 90.3 Å². The van der Waals surface area contributed by atoms with E-state index in [1.807, 2.05) is 0 Å². The molecule has 1 fully saturated rings. The average molecular weight is 283 g/mol. The van der Waals surface area contributed by atoms with Crippen LogP contribution in [0.1, 0.15) is 32.6 Å². The Hall–Kier alpha value is -1.30.